The number of carbonyl (C=O) groups excluding carboxylic acids is 1. The summed E-state index contributed by atoms with van der Waals surface area (Å²) in [7, 11) is 1.51. The van der Waals surface area contributed by atoms with E-state index in [0.29, 0.717) is 28.5 Å². The number of aromatic nitrogens is 2. The molecule has 0 bridgehead atoms. The van der Waals surface area contributed by atoms with Crippen LogP contribution in [0.1, 0.15) is 16.1 Å². The van der Waals surface area contributed by atoms with Crippen LogP contribution in [0.15, 0.2) is 22.7 Å². The van der Waals surface area contributed by atoms with Crippen molar-refractivity contribution in [2.75, 3.05) is 18.2 Å². The van der Waals surface area contributed by atoms with Gasteiger partial charge in [0.2, 0.25) is 0 Å². The number of rotatable bonds is 3. The lowest BCUT2D eigenvalue weighted by Crippen LogP contribution is -2.14. The number of aryl methyl sites for hydroxylation is 1. The Morgan fingerprint density at radius 1 is 1.53 bits per heavy atom. The molecule has 19 heavy (non-hydrogen) atoms. The van der Waals surface area contributed by atoms with Gasteiger partial charge in [0.25, 0.3) is 5.91 Å². The summed E-state index contributed by atoms with van der Waals surface area (Å²) < 4.78 is 6.00. The summed E-state index contributed by atoms with van der Waals surface area (Å²) in [5.74, 6) is 0.452. The van der Waals surface area contributed by atoms with Gasteiger partial charge < -0.3 is 15.8 Å². The fourth-order valence-electron chi connectivity index (χ4n) is 1.56. The number of carbonyl (C=O) groups is 1. The molecule has 1 aromatic carbocycles. The topological polar surface area (TPSA) is 93.0 Å². The van der Waals surface area contributed by atoms with Gasteiger partial charge in [-0.25, -0.2) is 0 Å². The lowest BCUT2D eigenvalue weighted by atomic mass is 10.2. The highest BCUT2D eigenvalue weighted by Gasteiger charge is 2.16. The number of amides is 1. The summed E-state index contributed by atoms with van der Waals surface area (Å²) in [5, 5.41) is 9.26. The van der Waals surface area contributed by atoms with Gasteiger partial charge in [-0.1, -0.05) is 15.9 Å². The van der Waals surface area contributed by atoms with Crippen molar-refractivity contribution < 1.29 is 9.53 Å². The number of aromatic amines is 1. The number of H-pyrrole nitrogens is 1. The Labute approximate surface area is 118 Å². The van der Waals surface area contributed by atoms with Gasteiger partial charge in [-0.15, -0.1) is 0 Å². The third kappa shape index (κ3) is 2.70. The number of halogens is 1. The fourth-order valence-corrected chi connectivity index (χ4v) is 1.90. The molecule has 7 heteroatoms. The molecule has 0 aliphatic carbocycles. The Morgan fingerprint density at radius 2 is 2.26 bits per heavy atom. The van der Waals surface area contributed by atoms with E-state index in [9.17, 15) is 4.79 Å². The minimum atomic E-state index is -0.331. The Hall–Kier alpha value is -2.02. The number of hydrogen-bond donors (Lipinski definition) is 3. The van der Waals surface area contributed by atoms with Crippen LogP contribution in [0.25, 0.3) is 0 Å². The first-order valence-electron chi connectivity index (χ1n) is 5.48. The quantitative estimate of drug-likeness (QED) is 0.807. The Morgan fingerprint density at radius 3 is 2.84 bits per heavy atom. The smallest absolute Gasteiger partial charge is 0.260 e. The highest BCUT2D eigenvalue weighted by molar-refractivity contribution is 9.10. The molecule has 2 rings (SSSR count). The molecule has 6 nitrogen and oxygen atoms in total. The second-order valence-electron chi connectivity index (χ2n) is 3.91. The molecule has 0 fully saturated rings. The maximum absolute atomic E-state index is 12.2. The summed E-state index contributed by atoms with van der Waals surface area (Å²) in [6, 6.07) is 5.14. The molecule has 4 N–H and O–H groups in total. The summed E-state index contributed by atoms with van der Waals surface area (Å²) >= 11 is 3.32. The molecule has 0 radical (unpaired) electrons. The zero-order valence-electron chi connectivity index (χ0n) is 10.5. The molecule has 0 atom stereocenters. The zero-order chi connectivity index (χ0) is 14.0. The third-order valence-electron chi connectivity index (χ3n) is 2.63. The van der Waals surface area contributed by atoms with Crippen LogP contribution in [0, 0.1) is 6.92 Å². The van der Waals surface area contributed by atoms with E-state index >= 15 is 0 Å². The first-order valence-corrected chi connectivity index (χ1v) is 6.27. The number of methoxy groups -OCH3 is 1. The molecule has 100 valence electrons. The van der Waals surface area contributed by atoms with Crippen molar-refractivity contribution in [3.05, 3.63) is 33.9 Å². The van der Waals surface area contributed by atoms with Crippen LogP contribution in [0.5, 0.6) is 5.75 Å². The minimum Gasteiger partial charge on any atom is -0.496 e. The van der Waals surface area contributed by atoms with Crippen LogP contribution in [-0.4, -0.2) is 23.2 Å². The second-order valence-corrected chi connectivity index (χ2v) is 4.83. The van der Waals surface area contributed by atoms with Crippen molar-refractivity contribution in [1.29, 1.82) is 0 Å². The Kier molecular flexibility index (Phi) is 3.75. The van der Waals surface area contributed by atoms with Gasteiger partial charge in [0, 0.05) is 4.47 Å². The maximum Gasteiger partial charge on any atom is 0.260 e. The van der Waals surface area contributed by atoms with Crippen LogP contribution >= 0.6 is 15.9 Å². The number of benzene rings is 1. The molecule has 2 aromatic rings. The van der Waals surface area contributed by atoms with Gasteiger partial charge in [0.15, 0.2) is 5.82 Å². The molecule has 1 heterocycles. The maximum atomic E-state index is 12.2. The standard InChI is InChI=1S/C12H13BrN4O2/c1-6-10(14)11(17-16-6)15-12(18)8-4-3-7(13)5-9(8)19-2/h3-5H,14H2,1-2H3,(H2,15,16,17,18). The predicted molar refractivity (Wildman–Crippen MR) is 76.4 cm³/mol. The first-order chi connectivity index (χ1) is 9.02. The van der Waals surface area contributed by atoms with E-state index in [4.69, 9.17) is 10.5 Å². The Bertz CT molecular complexity index is 624. The molecule has 1 aromatic heterocycles. The van der Waals surface area contributed by atoms with Crippen molar-refractivity contribution >= 4 is 33.3 Å². The molecular weight excluding hydrogens is 312 g/mol. The number of nitrogens with zero attached hydrogens (tertiary/aromatic N) is 1. The molecule has 0 aliphatic heterocycles. The van der Waals surface area contributed by atoms with E-state index in [2.05, 4.69) is 31.4 Å². The lowest BCUT2D eigenvalue weighted by molar-refractivity contribution is 0.102. The average Bonchev–Trinajstić information content (AvgIpc) is 2.70. The molecular formula is C12H13BrN4O2. The van der Waals surface area contributed by atoms with Crippen molar-refractivity contribution in [3.8, 4) is 5.75 Å². The number of nitrogens with two attached hydrogens (primary N) is 1. The molecule has 1 amide bonds. The molecule has 0 saturated heterocycles. The van der Waals surface area contributed by atoms with Crippen molar-refractivity contribution in [2.24, 2.45) is 0 Å². The monoisotopic (exact) mass is 324 g/mol. The molecule has 0 spiro atoms. The largest absolute Gasteiger partial charge is 0.496 e. The fraction of sp³-hybridized carbons (Fsp3) is 0.167. The number of nitrogen functional groups attached to an aromatic ring is 1. The predicted octanol–water partition coefficient (Wildman–Crippen LogP) is 2.32. The minimum absolute atomic E-state index is 0.312. The number of nitrogens with one attached hydrogen (secondary N) is 2. The third-order valence-corrected chi connectivity index (χ3v) is 3.13. The van der Waals surface area contributed by atoms with Gasteiger partial charge in [-0.2, -0.15) is 5.10 Å². The van der Waals surface area contributed by atoms with Gasteiger partial charge in [0.05, 0.1) is 24.1 Å². The SMILES string of the molecule is COc1cc(Br)ccc1C(=O)Nc1n[nH]c(C)c1N. The van der Waals surface area contributed by atoms with Gasteiger partial charge in [0.1, 0.15) is 5.75 Å². The van der Waals surface area contributed by atoms with E-state index in [0.717, 1.165) is 4.47 Å². The van der Waals surface area contributed by atoms with E-state index in [-0.39, 0.29) is 5.91 Å². The van der Waals surface area contributed by atoms with E-state index in [1.54, 1.807) is 25.1 Å². The summed E-state index contributed by atoms with van der Waals surface area (Å²) in [6.45, 7) is 1.78. The summed E-state index contributed by atoms with van der Waals surface area (Å²) in [5.41, 5.74) is 7.31. The molecule has 0 aliphatic rings. The van der Waals surface area contributed by atoms with Crippen LogP contribution in [0.2, 0.25) is 0 Å². The highest BCUT2D eigenvalue weighted by atomic mass is 79.9. The van der Waals surface area contributed by atoms with Crippen molar-refractivity contribution in [3.63, 3.8) is 0 Å². The van der Waals surface area contributed by atoms with Crippen molar-refractivity contribution in [2.45, 2.75) is 6.92 Å². The summed E-state index contributed by atoms with van der Waals surface area (Å²) in [4.78, 5) is 12.2. The Balaban J connectivity index is 2.27. The number of anilines is 2. The van der Waals surface area contributed by atoms with Crippen LogP contribution < -0.4 is 15.8 Å². The average molecular weight is 325 g/mol. The van der Waals surface area contributed by atoms with Gasteiger partial charge in [-0.3, -0.25) is 9.89 Å². The van der Waals surface area contributed by atoms with Gasteiger partial charge >= 0.3 is 0 Å². The number of hydrogen-bond acceptors (Lipinski definition) is 4. The summed E-state index contributed by atoms with van der Waals surface area (Å²) in [6.07, 6.45) is 0. The van der Waals surface area contributed by atoms with E-state index < -0.39 is 0 Å². The highest BCUT2D eigenvalue weighted by Crippen LogP contribution is 2.25. The lowest BCUT2D eigenvalue weighted by Gasteiger charge is -2.08. The normalized spacial score (nSPS) is 10.3. The van der Waals surface area contributed by atoms with E-state index in [1.807, 2.05) is 0 Å². The van der Waals surface area contributed by atoms with Gasteiger partial charge in [-0.05, 0) is 25.1 Å². The van der Waals surface area contributed by atoms with Crippen LogP contribution in [0.3, 0.4) is 0 Å². The van der Waals surface area contributed by atoms with Crippen LogP contribution in [0.4, 0.5) is 11.5 Å². The van der Waals surface area contributed by atoms with Crippen LogP contribution in [-0.2, 0) is 0 Å². The van der Waals surface area contributed by atoms with Crippen molar-refractivity contribution in [1.82, 2.24) is 10.2 Å². The number of ether oxygens (including phenoxy) is 1. The molecule has 0 unspecified atom stereocenters. The van der Waals surface area contributed by atoms with E-state index in [1.165, 1.54) is 7.11 Å². The first kappa shape index (κ1) is 13.4. The second kappa shape index (κ2) is 5.31. The molecule has 0 saturated carbocycles. The zero-order valence-corrected chi connectivity index (χ0v) is 12.0.